The van der Waals surface area contributed by atoms with E-state index in [-0.39, 0.29) is 28.7 Å². The van der Waals surface area contributed by atoms with Gasteiger partial charge in [-0.15, -0.1) is 0 Å². The number of aliphatic carboxylic acids is 1. The van der Waals surface area contributed by atoms with E-state index in [1.807, 2.05) is 0 Å². The van der Waals surface area contributed by atoms with Gasteiger partial charge in [0, 0.05) is 12.0 Å². The molecular weight excluding hydrogens is 527 g/mol. The molecule has 1 saturated heterocycles. The number of sulfonamides is 1. The molecule has 3 aromatic carbocycles. The van der Waals surface area contributed by atoms with Crippen LogP contribution in [0.5, 0.6) is 5.75 Å². The summed E-state index contributed by atoms with van der Waals surface area (Å²) in [6, 6.07) is 17.5. The first-order valence-electron chi connectivity index (χ1n) is 11.0. The first kappa shape index (κ1) is 26.6. The molecule has 0 bridgehead atoms. The summed E-state index contributed by atoms with van der Waals surface area (Å²) in [4.78, 5) is 24.3. The maximum Gasteiger partial charge on any atom is 0.328 e. The zero-order chi connectivity index (χ0) is 26.8. The number of nitrogens with one attached hydrogen (secondary N) is 1. The number of ether oxygens (including phenoxy) is 2. The van der Waals surface area contributed by atoms with Crippen molar-refractivity contribution in [2.45, 2.75) is 35.7 Å². The molecule has 3 aromatic rings. The molecule has 1 aliphatic heterocycles. The van der Waals surface area contributed by atoms with Gasteiger partial charge in [-0.2, -0.15) is 4.72 Å². The van der Waals surface area contributed by atoms with Gasteiger partial charge >= 0.3 is 5.97 Å². The second-order valence-corrected chi connectivity index (χ2v) is 10.5. The first-order valence-corrected chi connectivity index (χ1v) is 12.8. The normalized spacial score (nSPS) is 21.5. The summed E-state index contributed by atoms with van der Waals surface area (Å²) in [5.74, 6) is -2.92. The molecule has 3 atom stereocenters. The summed E-state index contributed by atoms with van der Waals surface area (Å²) in [7, 11) is -4.45. The zero-order valence-electron chi connectivity index (χ0n) is 19.1. The van der Waals surface area contributed by atoms with Crippen molar-refractivity contribution < 1.29 is 37.0 Å². The van der Waals surface area contributed by atoms with Crippen LogP contribution in [0.4, 0.5) is 4.39 Å². The van der Waals surface area contributed by atoms with E-state index in [9.17, 15) is 27.5 Å². The van der Waals surface area contributed by atoms with Gasteiger partial charge in [-0.05, 0) is 42.0 Å². The summed E-state index contributed by atoms with van der Waals surface area (Å²) >= 11 is 5.99. The highest BCUT2D eigenvalue weighted by atomic mass is 35.5. The number of rotatable bonds is 9. The van der Waals surface area contributed by atoms with E-state index in [1.165, 1.54) is 36.4 Å². The fraction of sp³-hybridized carbons (Fsp3) is 0.200. The minimum absolute atomic E-state index is 0.00406. The number of primary amides is 1. The third kappa shape index (κ3) is 5.59. The number of hydrogen-bond acceptors (Lipinski definition) is 6. The summed E-state index contributed by atoms with van der Waals surface area (Å²) in [6.45, 7) is 0.00406. The van der Waals surface area contributed by atoms with Gasteiger partial charge < -0.3 is 20.3 Å². The third-order valence-corrected chi connectivity index (χ3v) is 7.80. The van der Waals surface area contributed by atoms with Crippen molar-refractivity contribution in [3.05, 3.63) is 94.8 Å². The van der Waals surface area contributed by atoms with E-state index < -0.39 is 45.5 Å². The van der Waals surface area contributed by atoms with Crippen LogP contribution >= 0.6 is 11.6 Å². The summed E-state index contributed by atoms with van der Waals surface area (Å²) in [6.07, 6.45) is -3.00. The van der Waals surface area contributed by atoms with E-state index in [4.69, 9.17) is 26.8 Å². The fourth-order valence-electron chi connectivity index (χ4n) is 4.05. The van der Waals surface area contributed by atoms with Crippen molar-refractivity contribution in [1.82, 2.24) is 4.72 Å². The number of benzene rings is 3. The predicted octanol–water partition coefficient (Wildman–Crippen LogP) is 3.18. The first-order chi connectivity index (χ1) is 17.5. The minimum atomic E-state index is -4.45. The van der Waals surface area contributed by atoms with Crippen LogP contribution in [-0.4, -0.2) is 37.0 Å². The van der Waals surface area contributed by atoms with E-state index in [0.717, 1.165) is 6.07 Å². The van der Waals surface area contributed by atoms with Gasteiger partial charge in [0.15, 0.2) is 11.6 Å². The maximum atomic E-state index is 13.2. The van der Waals surface area contributed by atoms with Crippen LogP contribution in [0.25, 0.3) is 0 Å². The highest BCUT2D eigenvalue weighted by Crippen LogP contribution is 2.41. The van der Waals surface area contributed by atoms with Crippen LogP contribution in [0, 0.1) is 5.82 Å². The Morgan fingerprint density at radius 3 is 2.41 bits per heavy atom. The van der Waals surface area contributed by atoms with Gasteiger partial charge in [-0.1, -0.05) is 48.0 Å². The molecule has 1 aliphatic rings. The molecule has 1 fully saturated rings. The molecular formula is C25H22ClFN2O7S. The van der Waals surface area contributed by atoms with Gasteiger partial charge in [-0.25, -0.2) is 12.8 Å². The molecule has 4 N–H and O–H groups in total. The number of hydrogen-bond donors (Lipinski definition) is 3. The van der Waals surface area contributed by atoms with Crippen LogP contribution in [0.3, 0.4) is 0 Å². The lowest BCUT2D eigenvalue weighted by Gasteiger charge is -2.28. The zero-order valence-corrected chi connectivity index (χ0v) is 20.7. The monoisotopic (exact) mass is 548 g/mol. The molecule has 3 unspecified atom stereocenters. The molecule has 1 amide bonds. The number of amides is 1. The van der Waals surface area contributed by atoms with Crippen molar-refractivity contribution in [3.63, 3.8) is 0 Å². The number of carbonyl (C=O) groups is 2. The Hall–Kier alpha value is -3.51. The molecule has 4 rings (SSSR count). The van der Waals surface area contributed by atoms with E-state index in [0.29, 0.717) is 11.1 Å². The minimum Gasteiger partial charge on any atom is -0.489 e. The van der Waals surface area contributed by atoms with Crippen molar-refractivity contribution >= 4 is 33.5 Å². The van der Waals surface area contributed by atoms with Gasteiger partial charge in [0.2, 0.25) is 15.9 Å². The van der Waals surface area contributed by atoms with E-state index in [1.54, 1.807) is 30.3 Å². The quantitative estimate of drug-likeness (QED) is 0.372. The molecule has 0 saturated carbocycles. The number of carbonyl (C=O) groups excluding carboxylic acids is 1. The van der Waals surface area contributed by atoms with Crippen LogP contribution in [-0.2, 0) is 31.0 Å². The standard InChI is InChI=1S/C25H22ClFN2O7S/c26-20-12-17(27)7-6-16(20)14-35-18-8-10-19(11-9-18)37(33,34)29-25(24(31)32)13-21(36-22(25)23(28)30)15-4-2-1-3-5-15/h1-12,21-22,29H,13-14H2,(H2,28,30)(H,31,32). The molecule has 12 heteroatoms. The lowest BCUT2D eigenvalue weighted by Crippen LogP contribution is -2.62. The molecule has 37 heavy (non-hydrogen) atoms. The van der Waals surface area contributed by atoms with Gasteiger partial charge in [-0.3, -0.25) is 9.59 Å². The SMILES string of the molecule is NC(=O)C1OC(c2ccccc2)CC1(NS(=O)(=O)c1ccc(OCc2ccc(F)cc2Cl)cc1)C(=O)O. The number of nitrogens with two attached hydrogens (primary N) is 1. The fourth-order valence-corrected chi connectivity index (χ4v) is 5.65. The molecule has 0 aliphatic carbocycles. The van der Waals surface area contributed by atoms with Crippen LogP contribution in [0.2, 0.25) is 5.02 Å². The van der Waals surface area contributed by atoms with Crippen molar-refractivity contribution in [2.24, 2.45) is 5.73 Å². The lowest BCUT2D eigenvalue weighted by molar-refractivity contribution is -0.150. The summed E-state index contributed by atoms with van der Waals surface area (Å²) in [5, 5.41) is 10.2. The average Bonchev–Trinajstić information content (AvgIpc) is 3.25. The van der Waals surface area contributed by atoms with Crippen LogP contribution in [0.1, 0.15) is 23.7 Å². The molecule has 194 valence electrons. The Morgan fingerprint density at radius 1 is 1.14 bits per heavy atom. The molecule has 1 heterocycles. The van der Waals surface area contributed by atoms with Crippen LogP contribution < -0.4 is 15.2 Å². The van der Waals surface area contributed by atoms with Crippen molar-refractivity contribution in [3.8, 4) is 5.75 Å². The Kier molecular flexibility index (Phi) is 7.51. The summed E-state index contributed by atoms with van der Waals surface area (Å²) < 4.78 is 53.0. The third-order valence-electron chi connectivity index (χ3n) is 5.93. The molecule has 9 nitrogen and oxygen atoms in total. The molecule has 0 spiro atoms. The second-order valence-electron chi connectivity index (χ2n) is 8.40. The van der Waals surface area contributed by atoms with Crippen molar-refractivity contribution in [1.29, 1.82) is 0 Å². The predicted molar refractivity (Wildman–Crippen MR) is 131 cm³/mol. The van der Waals surface area contributed by atoms with Gasteiger partial charge in [0.05, 0.1) is 16.0 Å². The van der Waals surface area contributed by atoms with Crippen LogP contribution in [0.15, 0.2) is 77.7 Å². The number of halogens is 2. The topological polar surface area (TPSA) is 145 Å². The van der Waals surface area contributed by atoms with Gasteiger partial charge in [0.25, 0.3) is 0 Å². The highest BCUT2D eigenvalue weighted by molar-refractivity contribution is 7.89. The summed E-state index contributed by atoms with van der Waals surface area (Å²) in [5.41, 5.74) is 4.18. The average molecular weight is 549 g/mol. The maximum absolute atomic E-state index is 13.2. The Bertz CT molecular complexity index is 1420. The molecule has 0 radical (unpaired) electrons. The Balaban J connectivity index is 1.55. The Labute approximate surface area is 217 Å². The number of carboxylic acid groups (broad SMARTS) is 1. The van der Waals surface area contributed by atoms with Gasteiger partial charge in [0.1, 0.15) is 18.2 Å². The van der Waals surface area contributed by atoms with E-state index in [2.05, 4.69) is 4.72 Å². The molecule has 0 aromatic heterocycles. The number of carboxylic acids is 1. The lowest BCUT2D eigenvalue weighted by atomic mass is 9.88. The second kappa shape index (κ2) is 10.5. The van der Waals surface area contributed by atoms with E-state index >= 15 is 0 Å². The highest BCUT2D eigenvalue weighted by Gasteiger charge is 2.59. The Morgan fingerprint density at radius 2 is 1.81 bits per heavy atom. The largest absolute Gasteiger partial charge is 0.489 e. The smallest absolute Gasteiger partial charge is 0.328 e. The van der Waals surface area contributed by atoms with Crippen molar-refractivity contribution in [2.75, 3.05) is 0 Å².